The average Bonchev–Trinajstić information content (AvgIpc) is 2.26. The third-order valence-corrected chi connectivity index (χ3v) is 2.83. The fourth-order valence-corrected chi connectivity index (χ4v) is 1.77. The van der Waals surface area contributed by atoms with E-state index in [0.717, 1.165) is 4.47 Å². The van der Waals surface area contributed by atoms with Crippen molar-refractivity contribution in [1.82, 2.24) is 0 Å². The molecule has 0 saturated heterocycles. The molecular weight excluding hydrogens is 303 g/mol. The standard InChI is InChI=1S/C13H16BrClO2/c1-8(2)7-17-12-5-4-10(14)6-11(12)13(16)9(3)15/h4-6,8-9H,7H2,1-3H3. The fourth-order valence-electron chi connectivity index (χ4n) is 1.29. The van der Waals surface area contributed by atoms with Crippen LogP contribution in [0.3, 0.4) is 0 Å². The fraction of sp³-hybridized carbons (Fsp3) is 0.462. The Morgan fingerprint density at radius 2 is 2.06 bits per heavy atom. The molecule has 0 aliphatic carbocycles. The van der Waals surface area contributed by atoms with Gasteiger partial charge in [-0.1, -0.05) is 29.8 Å². The highest BCUT2D eigenvalue weighted by Crippen LogP contribution is 2.26. The molecule has 1 atom stereocenters. The van der Waals surface area contributed by atoms with Gasteiger partial charge in [-0.15, -0.1) is 11.6 Å². The van der Waals surface area contributed by atoms with Crippen molar-refractivity contribution in [2.75, 3.05) is 6.61 Å². The molecule has 2 nitrogen and oxygen atoms in total. The number of benzene rings is 1. The van der Waals surface area contributed by atoms with Crippen LogP contribution in [0.2, 0.25) is 0 Å². The monoisotopic (exact) mass is 318 g/mol. The van der Waals surface area contributed by atoms with Crippen LogP contribution >= 0.6 is 27.5 Å². The van der Waals surface area contributed by atoms with Crippen LogP contribution in [0.25, 0.3) is 0 Å². The van der Waals surface area contributed by atoms with E-state index in [4.69, 9.17) is 16.3 Å². The summed E-state index contributed by atoms with van der Waals surface area (Å²) in [5, 5.41) is -0.550. The van der Waals surface area contributed by atoms with Crippen molar-refractivity contribution in [2.45, 2.75) is 26.1 Å². The van der Waals surface area contributed by atoms with Gasteiger partial charge in [0.25, 0.3) is 0 Å². The van der Waals surface area contributed by atoms with E-state index in [1.807, 2.05) is 6.07 Å². The molecular formula is C13H16BrClO2. The van der Waals surface area contributed by atoms with Gasteiger partial charge in [0.1, 0.15) is 5.75 Å². The van der Waals surface area contributed by atoms with Crippen molar-refractivity contribution < 1.29 is 9.53 Å². The Hall–Kier alpha value is -0.540. The van der Waals surface area contributed by atoms with E-state index in [-0.39, 0.29) is 5.78 Å². The summed E-state index contributed by atoms with van der Waals surface area (Å²) in [5.74, 6) is 0.890. The number of carbonyl (C=O) groups is 1. The first kappa shape index (κ1) is 14.5. The minimum absolute atomic E-state index is 0.119. The number of halogens is 2. The first-order chi connectivity index (χ1) is 7.91. The summed E-state index contributed by atoms with van der Waals surface area (Å²) in [4.78, 5) is 11.9. The predicted molar refractivity (Wildman–Crippen MR) is 74.1 cm³/mol. The lowest BCUT2D eigenvalue weighted by Gasteiger charge is -2.13. The molecule has 17 heavy (non-hydrogen) atoms. The number of ketones is 1. The topological polar surface area (TPSA) is 26.3 Å². The van der Waals surface area contributed by atoms with Crippen molar-refractivity contribution in [1.29, 1.82) is 0 Å². The summed E-state index contributed by atoms with van der Waals surface area (Å²) < 4.78 is 6.47. The Kier molecular flexibility index (Phi) is 5.47. The first-order valence-electron chi connectivity index (χ1n) is 5.52. The minimum atomic E-state index is -0.550. The summed E-state index contributed by atoms with van der Waals surface area (Å²) in [6, 6.07) is 5.39. The second kappa shape index (κ2) is 6.41. The summed E-state index contributed by atoms with van der Waals surface area (Å²) in [6.45, 7) is 6.37. The molecule has 0 radical (unpaired) electrons. The lowest BCUT2D eigenvalue weighted by Crippen LogP contribution is -2.14. The maximum atomic E-state index is 11.9. The van der Waals surface area contributed by atoms with Crippen LogP contribution in [0.4, 0.5) is 0 Å². The highest BCUT2D eigenvalue weighted by Gasteiger charge is 2.18. The molecule has 1 aromatic carbocycles. The van der Waals surface area contributed by atoms with Gasteiger partial charge in [0, 0.05) is 4.47 Å². The van der Waals surface area contributed by atoms with Crippen LogP contribution in [0.1, 0.15) is 31.1 Å². The third kappa shape index (κ3) is 4.32. The minimum Gasteiger partial charge on any atom is -0.493 e. The van der Waals surface area contributed by atoms with Gasteiger partial charge >= 0.3 is 0 Å². The van der Waals surface area contributed by atoms with Gasteiger partial charge in [0.15, 0.2) is 5.78 Å². The molecule has 1 unspecified atom stereocenters. The molecule has 0 saturated carbocycles. The SMILES string of the molecule is CC(C)COc1ccc(Br)cc1C(=O)C(C)Cl. The summed E-state index contributed by atoms with van der Waals surface area (Å²) in [7, 11) is 0. The van der Waals surface area contributed by atoms with E-state index in [2.05, 4.69) is 29.8 Å². The second-order valence-corrected chi connectivity index (χ2v) is 5.90. The van der Waals surface area contributed by atoms with Crippen LogP contribution in [-0.2, 0) is 0 Å². The molecule has 0 N–H and O–H groups in total. The summed E-state index contributed by atoms with van der Waals surface area (Å²) in [6.07, 6.45) is 0. The van der Waals surface area contributed by atoms with Crippen molar-refractivity contribution in [2.24, 2.45) is 5.92 Å². The van der Waals surface area contributed by atoms with Crippen molar-refractivity contribution in [3.05, 3.63) is 28.2 Å². The van der Waals surface area contributed by atoms with Crippen LogP contribution in [0, 0.1) is 5.92 Å². The van der Waals surface area contributed by atoms with E-state index in [9.17, 15) is 4.79 Å². The highest BCUT2D eigenvalue weighted by molar-refractivity contribution is 9.10. The van der Waals surface area contributed by atoms with Gasteiger partial charge in [-0.3, -0.25) is 4.79 Å². The summed E-state index contributed by atoms with van der Waals surface area (Å²) >= 11 is 9.17. The van der Waals surface area contributed by atoms with E-state index in [1.54, 1.807) is 19.1 Å². The van der Waals surface area contributed by atoms with Gasteiger partial charge in [-0.2, -0.15) is 0 Å². The highest BCUT2D eigenvalue weighted by atomic mass is 79.9. The number of rotatable bonds is 5. The zero-order valence-electron chi connectivity index (χ0n) is 10.2. The normalized spacial score (nSPS) is 12.6. The molecule has 1 aromatic rings. The Morgan fingerprint density at radius 1 is 1.41 bits per heavy atom. The predicted octanol–water partition coefficient (Wildman–Crippen LogP) is 4.29. The molecule has 0 fully saturated rings. The lowest BCUT2D eigenvalue weighted by atomic mass is 10.1. The van der Waals surface area contributed by atoms with Gasteiger partial charge in [0.2, 0.25) is 0 Å². The number of alkyl halides is 1. The lowest BCUT2D eigenvalue weighted by molar-refractivity contribution is 0.0987. The molecule has 4 heteroatoms. The van der Waals surface area contributed by atoms with Crippen LogP contribution in [0.15, 0.2) is 22.7 Å². The number of hydrogen-bond acceptors (Lipinski definition) is 2. The zero-order valence-corrected chi connectivity index (χ0v) is 12.5. The van der Waals surface area contributed by atoms with Crippen molar-refractivity contribution in [3.8, 4) is 5.75 Å². The molecule has 0 spiro atoms. The average molecular weight is 320 g/mol. The molecule has 0 aromatic heterocycles. The number of carbonyl (C=O) groups excluding carboxylic acids is 1. The zero-order chi connectivity index (χ0) is 13.0. The smallest absolute Gasteiger partial charge is 0.184 e. The van der Waals surface area contributed by atoms with Crippen LogP contribution < -0.4 is 4.74 Å². The summed E-state index contributed by atoms with van der Waals surface area (Å²) in [5.41, 5.74) is 0.530. The maximum Gasteiger partial charge on any atom is 0.184 e. The van der Waals surface area contributed by atoms with Gasteiger partial charge in [-0.25, -0.2) is 0 Å². The van der Waals surface area contributed by atoms with Crippen molar-refractivity contribution >= 4 is 33.3 Å². The molecule has 0 bridgehead atoms. The van der Waals surface area contributed by atoms with E-state index < -0.39 is 5.38 Å². The van der Waals surface area contributed by atoms with Crippen LogP contribution in [-0.4, -0.2) is 17.8 Å². The molecule has 1 rings (SSSR count). The quantitative estimate of drug-likeness (QED) is 0.597. The number of hydrogen-bond donors (Lipinski definition) is 0. The Morgan fingerprint density at radius 3 is 2.59 bits per heavy atom. The molecule has 94 valence electrons. The van der Waals surface area contributed by atoms with E-state index >= 15 is 0 Å². The van der Waals surface area contributed by atoms with Gasteiger partial charge in [-0.05, 0) is 31.0 Å². The third-order valence-electron chi connectivity index (χ3n) is 2.14. The van der Waals surface area contributed by atoms with E-state index in [0.29, 0.717) is 23.8 Å². The molecule has 0 heterocycles. The van der Waals surface area contributed by atoms with Gasteiger partial charge in [0.05, 0.1) is 17.5 Å². The number of ether oxygens (including phenoxy) is 1. The maximum absolute atomic E-state index is 11.9. The molecule has 0 amide bonds. The Labute approximate surface area is 115 Å². The van der Waals surface area contributed by atoms with E-state index in [1.165, 1.54) is 0 Å². The second-order valence-electron chi connectivity index (χ2n) is 4.33. The largest absolute Gasteiger partial charge is 0.493 e. The Bertz CT molecular complexity index is 402. The van der Waals surface area contributed by atoms with Gasteiger partial charge < -0.3 is 4.74 Å². The molecule has 0 aliphatic rings. The first-order valence-corrected chi connectivity index (χ1v) is 6.75. The van der Waals surface area contributed by atoms with Crippen molar-refractivity contribution in [3.63, 3.8) is 0 Å². The molecule has 0 aliphatic heterocycles. The number of Topliss-reactive ketones (excluding diaryl/α,β-unsaturated/α-hetero) is 1. The Balaban J connectivity index is 2.99. The van der Waals surface area contributed by atoms with Crippen LogP contribution in [0.5, 0.6) is 5.75 Å².